The molecule has 10 nitrogen and oxygen atoms in total. The molecule has 0 amide bonds. The van der Waals surface area contributed by atoms with Gasteiger partial charge in [-0.1, -0.05) is 48.9 Å². The lowest BCUT2D eigenvalue weighted by molar-refractivity contribution is 0.0922. The maximum absolute atomic E-state index is 13.7. The zero-order valence-electron chi connectivity index (χ0n) is 25.1. The van der Waals surface area contributed by atoms with Crippen molar-refractivity contribution in [3.63, 3.8) is 0 Å². The number of carbonyl (C=O) groups is 1. The van der Waals surface area contributed by atoms with Gasteiger partial charge in [0.15, 0.2) is 5.78 Å². The van der Waals surface area contributed by atoms with Crippen molar-refractivity contribution in [2.45, 2.75) is 32.4 Å². The van der Waals surface area contributed by atoms with Crippen LogP contribution in [0.5, 0.6) is 0 Å². The maximum atomic E-state index is 13.7. The molecule has 0 aliphatic heterocycles. The molecule has 0 atom stereocenters. The van der Waals surface area contributed by atoms with E-state index in [0.717, 1.165) is 30.8 Å². The average Bonchev–Trinajstić information content (AvgIpc) is 3.19. The van der Waals surface area contributed by atoms with E-state index in [1.165, 1.54) is 4.57 Å². The molecule has 0 aliphatic carbocycles. The third-order valence-electron chi connectivity index (χ3n) is 6.94. The number of fused-ring (bicyclic) bond motifs is 3. The van der Waals surface area contributed by atoms with Gasteiger partial charge >= 0.3 is 0 Å². The number of ketones is 1. The number of halogens is 2. The number of pyridine rings is 1. The molecule has 0 saturated heterocycles. The molecule has 4 aromatic rings. The van der Waals surface area contributed by atoms with Crippen LogP contribution in [0.15, 0.2) is 59.5 Å². The molecular formula is C29H33Cl2N3O7S2Si. The molecule has 0 saturated carbocycles. The average molecular weight is 699 g/mol. The number of ether oxygens (including phenoxy) is 1. The second kappa shape index (κ2) is 12.5. The number of aromatic nitrogens is 2. The Balaban J connectivity index is 1.91. The van der Waals surface area contributed by atoms with Crippen molar-refractivity contribution in [3.05, 3.63) is 80.7 Å². The quantitative estimate of drug-likeness (QED) is 0.0853. The molecule has 236 valence electrons. The number of benzene rings is 2. The SMILES string of the molecule is Cn1c(=O)c(-c2ccc(Cl)cc2Cl)cc2c3cc(C(=O)C=CN(S(C)(=O)=O)S(C)(=O)=O)ccc3n(COCC[Si](C)(C)C)c21. The summed E-state index contributed by atoms with van der Waals surface area (Å²) in [6.45, 7) is 7.46. The number of hydrogen-bond acceptors (Lipinski definition) is 7. The lowest BCUT2D eigenvalue weighted by atomic mass is 10.0. The van der Waals surface area contributed by atoms with E-state index in [9.17, 15) is 26.4 Å². The number of nitrogens with zero attached hydrogens (tertiary/aromatic N) is 3. The van der Waals surface area contributed by atoms with Crippen LogP contribution in [0.3, 0.4) is 0 Å². The second-order valence-electron chi connectivity index (χ2n) is 11.7. The van der Waals surface area contributed by atoms with Crippen molar-refractivity contribution in [1.82, 2.24) is 12.8 Å². The van der Waals surface area contributed by atoms with Crippen LogP contribution < -0.4 is 5.56 Å². The summed E-state index contributed by atoms with van der Waals surface area (Å²) in [6.07, 6.45) is 3.06. The number of allylic oxidation sites excluding steroid dienone is 1. The van der Waals surface area contributed by atoms with Gasteiger partial charge in [0.25, 0.3) is 5.56 Å². The zero-order chi connectivity index (χ0) is 32.8. The highest BCUT2D eigenvalue weighted by molar-refractivity contribution is 8.03. The molecule has 0 aliphatic rings. The molecule has 0 radical (unpaired) electrons. The Morgan fingerprint density at radius 3 is 2.20 bits per heavy atom. The third kappa shape index (κ3) is 7.30. The number of sulfonamides is 2. The minimum absolute atomic E-state index is 0.137. The van der Waals surface area contributed by atoms with E-state index in [1.54, 1.807) is 49.5 Å². The smallest absolute Gasteiger partial charge is 0.259 e. The molecule has 15 heteroatoms. The van der Waals surface area contributed by atoms with E-state index in [0.29, 0.717) is 49.7 Å². The summed E-state index contributed by atoms with van der Waals surface area (Å²) in [4.78, 5) is 26.8. The van der Waals surface area contributed by atoms with Gasteiger partial charge in [0.05, 0.1) is 23.1 Å². The largest absolute Gasteiger partial charge is 0.361 e. The van der Waals surface area contributed by atoms with E-state index in [-0.39, 0.29) is 21.6 Å². The van der Waals surface area contributed by atoms with Gasteiger partial charge in [0, 0.05) is 66.5 Å². The fourth-order valence-electron chi connectivity index (χ4n) is 4.76. The zero-order valence-corrected chi connectivity index (χ0v) is 29.2. The summed E-state index contributed by atoms with van der Waals surface area (Å²) >= 11 is 12.6. The van der Waals surface area contributed by atoms with Crippen molar-refractivity contribution in [1.29, 1.82) is 0 Å². The van der Waals surface area contributed by atoms with Gasteiger partial charge in [-0.2, -0.15) is 3.71 Å². The van der Waals surface area contributed by atoms with E-state index in [4.69, 9.17) is 27.9 Å². The number of rotatable bonds is 11. The highest BCUT2D eigenvalue weighted by Crippen LogP contribution is 2.34. The minimum atomic E-state index is -4.19. The molecule has 2 aromatic heterocycles. The van der Waals surface area contributed by atoms with Gasteiger partial charge < -0.3 is 9.30 Å². The van der Waals surface area contributed by atoms with Crippen LogP contribution in [0.2, 0.25) is 35.7 Å². The number of hydrogen-bond donors (Lipinski definition) is 0. The fraction of sp³-hybridized carbons (Fsp3) is 0.310. The highest BCUT2D eigenvalue weighted by Gasteiger charge is 2.24. The Bertz CT molecular complexity index is 2070. The Kier molecular flexibility index (Phi) is 9.60. The second-order valence-corrected chi connectivity index (χ2v) is 22.1. The highest BCUT2D eigenvalue weighted by atomic mass is 35.5. The van der Waals surface area contributed by atoms with Crippen molar-refractivity contribution in [3.8, 4) is 11.1 Å². The van der Waals surface area contributed by atoms with Gasteiger partial charge in [-0.15, -0.1) is 0 Å². The van der Waals surface area contributed by atoms with Crippen molar-refractivity contribution in [2.24, 2.45) is 7.05 Å². The van der Waals surface area contributed by atoms with Crippen molar-refractivity contribution in [2.75, 3.05) is 19.1 Å². The van der Waals surface area contributed by atoms with Crippen LogP contribution in [-0.4, -0.2) is 62.7 Å². The Morgan fingerprint density at radius 1 is 0.955 bits per heavy atom. The van der Waals surface area contributed by atoms with Gasteiger partial charge in [-0.3, -0.25) is 14.2 Å². The molecule has 0 bridgehead atoms. The first kappa shape index (κ1) is 33.9. The van der Waals surface area contributed by atoms with Gasteiger partial charge in [0.2, 0.25) is 20.0 Å². The minimum Gasteiger partial charge on any atom is -0.361 e. The Morgan fingerprint density at radius 2 is 1.61 bits per heavy atom. The summed E-state index contributed by atoms with van der Waals surface area (Å²) in [6, 6.07) is 12.4. The summed E-state index contributed by atoms with van der Waals surface area (Å²) in [7, 11) is -8.08. The Labute approximate surface area is 267 Å². The van der Waals surface area contributed by atoms with Gasteiger partial charge in [0.1, 0.15) is 12.4 Å². The lowest BCUT2D eigenvalue weighted by Gasteiger charge is -2.17. The molecule has 0 spiro atoms. The van der Waals surface area contributed by atoms with Gasteiger partial charge in [-0.05, 0) is 42.4 Å². The lowest BCUT2D eigenvalue weighted by Crippen LogP contribution is -2.30. The standard InChI is InChI=1S/C29H33Cl2N3O7S2Si/c1-32-28-23(17-24(29(32)36)21-9-8-20(30)16-25(21)31)22-15-19(27(35)11-12-34(42(2,37)38)43(3,39)40)7-10-26(22)33(28)18-41-13-14-44(4,5)6/h7-12,15-17H,13-14,18H2,1-6H3. The Hall–Kier alpha value is -2.94. The van der Waals surface area contributed by atoms with Gasteiger partial charge in [-0.25, -0.2) is 16.8 Å². The molecule has 2 heterocycles. The summed E-state index contributed by atoms with van der Waals surface area (Å²) in [5.74, 6) is -0.623. The normalized spacial score (nSPS) is 12.9. The van der Waals surface area contributed by atoms with Crippen molar-refractivity contribution < 1.29 is 26.4 Å². The monoisotopic (exact) mass is 697 g/mol. The van der Waals surface area contributed by atoms with Crippen molar-refractivity contribution >= 4 is 79.0 Å². The summed E-state index contributed by atoms with van der Waals surface area (Å²) < 4.78 is 57.5. The molecule has 0 N–H and O–H groups in total. The molecule has 0 unspecified atom stereocenters. The molecule has 0 fully saturated rings. The van der Waals surface area contributed by atoms with Crippen LogP contribution in [0, 0.1) is 0 Å². The number of carbonyl (C=O) groups excluding carboxylic acids is 1. The first-order valence-electron chi connectivity index (χ1n) is 13.4. The van der Waals surface area contributed by atoms with Crippen LogP contribution in [0.25, 0.3) is 33.1 Å². The van der Waals surface area contributed by atoms with Crippen LogP contribution in [0.1, 0.15) is 10.4 Å². The van der Waals surface area contributed by atoms with Crippen LogP contribution in [-0.2, 0) is 38.6 Å². The number of aryl methyl sites for hydroxylation is 1. The van der Waals surface area contributed by atoms with E-state index in [2.05, 4.69) is 19.6 Å². The predicted octanol–water partition coefficient (Wildman–Crippen LogP) is 5.70. The van der Waals surface area contributed by atoms with E-state index in [1.807, 2.05) is 4.57 Å². The van der Waals surface area contributed by atoms with Crippen LogP contribution >= 0.6 is 23.2 Å². The van der Waals surface area contributed by atoms with E-state index < -0.39 is 33.9 Å². The summed E-state index contributed by atoms with van der Waals surface area (Å²) in [5.41, 5.74) is 1.95. The first-order chi connectivity index (χ1) is 20.3. The maximum Gasteiger partial charge on any atom is 0.259 e. The molecule has 4 rings (SSSR count). The molecular weight excluding hydrogens is 665 g/mol. The fourth-order valence-corrected chi connectivity index (χ4v) is 8.56. The molecule has 44 heavy (non-hydrogen) atoms. The predicted molar refractivity (Wildman–Crippen MR) is 179 cm³/mol. The molecule has 2 aromatic carbocycles. The van der Waals surface area contributed by atoms with Crippen LogP contribution in [0.4, 0.5) is 0 Å². The van der Waals surface area contributed by atoms with E-state index >= 15 is 0 Å². The third-order valence-corrected chi connectivity index (χ3v) is 12.4. The topological polar surface area (TPSA) is 125 Å². The summed E-state index contributed by atoms with van der Waals surface area (Å²) in [5, 5.41) is 1.99. The first-order valence-corrected chi connectivity index (χ1v) is 21.6.